The smallest absolute Gasteiger partial charge is 0.227 e. The van der Waals surface area contributed by atoms with Crippen molar-refractivity contribution in [3.05, 3.63) is 53.6 Å². The number of fused-ring (bicyclic) bond motifs is 1. The van der Waals surface area contributed by atoms with Gasteiger partial charge in [-0.1, -0.05) is 18.2 Å². The Morgan fingerprint density at radius 1 is 1.16 bits per heavy atom. The largest absolute Gasteiger partial charge is 0.497 e. The van der Waals surface area contributed by atoms with Crippen LogP contribution >= 0.6 is 0 Å². The Bertz CT molecular complexity index is 759. The van der Waals surface area contributed by atoms with Crippen LogP contribution in [0, 0.1) is 0 Å². The number of amides is 1. The van der Waals surface area contributed by atoms with Crippen molar-refractivity contribution in [3.8, 4) is 11.5 Å². The van der Waals surface area contributed by atoms with Gasteiger partial charge in [0, 0.05) is 24.6 Å². The second-order valence-electron chi connectivity index (χ2n) is 6.13. The first-order valence-corrected chi connectivity index (χ1v) is 8.41. The van der Waals surface area contributed by atoms with E-state index >= 15 is 0 Å². The summed E-state index contributed by atoms with van der Waals surface area (Å²) in [5, 5.41) is 10.2. The van der Waals surface area contributed by atoms with Crippen molar-refractivity contribution in [1.29, 1.82) is 0 Å². The molecule has 1 aliphatic rings. The molecule has 0 aromatic heterocycles. The fraction of sp³-hybridized carbons (Fsp3) is 0.350. The zero-order valence-corrected chi connectivity index (χ0v) is 14.6. The standard InChI is InChI=1S/C20H23NO4/c1-24-15-5-3-4-14(12-15)6-9-20(23)21-11-10-19(22)17-8-7-16(25-2)13-18(17)21/h3-5,7-8,12-13,19,22H,6,9-11H2,1-2H3. The van der Waals surface area contributed by atoms with Gasteiger partial charge in [-0.3, -0.25) is 4.79 Å². The number of aryl methyl sites for hydroxylation is 1. The Hall–Kier alpha value is -2.53. The van der Waals surface area contributed by atoms with E-state index < -0.39 is 6.10 Å². The van der Waals surface area contributed by atoms with Crippen molar-refractivity contribution >= 4 is 11.6 Å². The van der Waals surface area contributed by atoms with Gasteiger partial charge in [0.25, 0.3) is 0 Å². The molecule has 1 N–H and O–H groups in total. The molecule has 0 bridgehead atoms. The molecule has 0 spiro atoms. The van der Waals surface area contributed by atoms with Gasteiger partial charge in [0.2, 0.25) is 5.91 Å². The van der Waals surface area contributed by atoms with Gasteiger partial charge in [-0.15, -0.1) is 0 Å². The molecule has 3 rings (SSSR count). The summed E-state index contributed by atoms with van der Waals surface area (Å²) >= 11 is 0. The monoisotopic (exact) mass is 341 g/mol. The van der Waals surface area contributed by atoms with E-state index in [9.17, 15) is 9.90 Å². The zero-order valence-electron chi connectivity index (χ0n) is 14.6. The van der Waals surface area contributed by atoms with Gasteiger partial charge in [-0.2, -0.15) is 0 Å². The molecule has 1 aliphatic heterocycles. The first-order chi connectivity index (χ1) is 12.1. The molecule has 0 saturated heterocycles. The van der Waals surface area contributed by atoms with Crippen molar-refractivity contribution in [2.24, 2.45) is 0 Å². The summed E-state index contributed by atoms with van der Waals surface area (Å²) < 4.78 is 10.5. The van der Waals surface area contributed by atoms with E-state index in [4.69, 9.17) is 9.47 Å². The maximum absolute atomic E-state index is 12.8. The van der Waals surface area contributed by atoms with E-state index in [2.05, 4.69) is 0 Å². The van der Waals surface area contributed by atoms with E-state index in [0.717, 1.165) is 22.6 Å². The number of methoxy groups -OCH3 is 2. The van der Waals surface area contributed by atoms with Crippen LogP contribution in [-0.2, 0) is 11.2 Å². The van der Waals surface area contributed by atoms with Gasteiger partial charge in [0.1, 0.15) is 11.5 Å². The van der Waals surface area contributed by atoms with Gasteiger partial charge < -0.3 is 19.5 Å². The fourth-order valence-electron chi connectivity index (χ4n) is 3.17. The molecule has 0 fully saturated rings. The van der Waals surface area contributed by atoms with Gasteiger partial charge in [-0.05, 0) is 36.6 Å². The van der Waals surface area contributed by atoms with Crippen LogP contribution in [0.2, 0.25) is 0 Å². The number of ether oxygens (including phenoxy) is 2. The Kier molecular flexibility index (Phi) is 5.24. The van der Waals surface area contributed by atoms with E-state index in [1.165, 1.54) is 0 Å². The first kappa shape index (κ1) is 17.3. The number of rotatable bonds is 5. The number of anilines is 1. The highest BCUT2D eigenvalue weighted by Crippen LogP contribution is 2.36. The van der Waals surface area contributed by atoms with Crippen molar-refractivity contribution < 1.29 is 19.4 Å². The highest BCUT2D eigenvalue weighted by molar-refractivity contribution is 5.95. The van der Waals surface area contributed by atoms with E-state index in [1.54, 1.807) is 19.1 Å². The Morgan fingerprint density at radius 3 is 2.68 bits per heavy atom. The quantitative estimate of drug-likeness (QED) is 0.908. The van der Waals surface area contributed by atoms with Crippen LogP contribution in [0.3, 0.4) is 0 Å². The molecule has 0 aliphatic carbocycles. The summed E-state index contributed by atoms with van der Waals surface area (Å²) in [6.07, 6.45) is 1.06. The van der Waals surface area contributed by atoms with Crippen molar-refractivity contribution in [3.63, 3.8) is 0 Å². The highest BCUT2D eigenvalue weighted by atomic mass is 16.5. The third kappa shape index (κ3) is 3.77. The minimum atomic E-state index is -0.539. The van der Waals surface area contributed by atoms with Gasteiger partial charge in [0.15, 0.2) is 0 Å². The van der Waals surface area contributed by atoms with Crippen molar-refractivity contribution in [1.82, 2.24) is 0 Å². The topological polar surface area (TPSA) is 59.0 Å². The predicted octanol–water partition coefficient (Wildman–Crippen LogP) is 3.11. The van der Waals surface area contributed by atoms with Crippen LogP contribution in [0.15, 0.2) is 42.5 Å². The summed E-state index contributed by atoms with van der Waals surface area (Å²) in [7, 11) is 3.23. The third-order valence-electron chi connectivity index (χ3n) is 4.58. The number of hydrogen-bond donors (Lipinski definition) is 1. The molecular formula is C20H23NO4. The zero-order chi connectivity index (χ0) is 17.8. The number of benzene rings is 2. The van der Waals surface area contributed by atoms with Crippen LogP contribution in [-0.4, -0.2) is 31.8 Å². The lowest BCUT2D eigenvalue weighted by molar-refractivity contribution is -0.118. The lowest BCUT2D eigenvalue weighted by Gasteiger charge is -2.32. The van der Waals surface area contributed by atoms with Gasteiger partial charge in [0.05, 0.1) is 26.0 Å². The van der Waals surface area contributed by atoms with E-state index in [0.29, 0.717) is 31.6 Å². The molecule has 5 nitrogen and oxygen atoms in total. The second kappa shape index (κ2) is 7.57. The van der Waals surface area contributed by atoms with Crippen LogP contribution in [0.1, 0.15) is 30.1 Å². The SMILES string of the molecule is COc1cccc(CCC(=O)N2CCC(O)c3ccc(OC)cc32)c1. The third-order valence-corrected chi connectivity index (χ3v) is 4.58. The minimum absolute atomic E-state index is 0.0456. The second-order valence-corrected chi connectivity index (χ2v) is 6.13. The molecule has 5 heteroatoms. The summed E-state index contributed by atoms with van der Waals surface area (Å²) in [4.78, 5) is 14.5. The molecule has 132 valence electrons. The predicted molar refractivity (Wildman–Crippen MR) is 96.2 cm³/mol. The van der Waals surface area contributed by atoms with Crippen LogP contribution in [0.5, 0.6) is 11.5 Å². The van der Waals surface area contributed by atoms with Crippen LogP contribution in [0.4, 0.5) is 5.69 Å². The molecule has 25 heavy (non-hydrogen) atoms. The summed E-state index contributed by atoms with van der Waals surface area (Å²) in [5.74, 6) is 1.52. The summed E-state index contributed by atoms with van der Waals surface area (Å²) in [6.45, 7) is 0.512. The lowest BCUT2D eigenvalue weighted by atomic mass is 9.97. The molecule has 1 unspecified atom stereocenters. The number of carbonyl (C=O) groups is 1. The van der Waals surface area contributed by atoms with Crippen LogP contribution < -0.4 is 14.4 Å². The number of aliphatic hydroxyl groups excluding tert-OH is 1. The molecule has 2 aromatic rings. The maximum atomic E-state index is 12.8. The molecule has 2 aromatic carbocycles. The molecule has 1 atom stereocenters. The average Bonchev–Trinajstić information content (AvgIpc) is 2.66. The van der Waals surface area contributed by atoms with Gasteiger partial charge in [-0.25, -0.2) is 0 Å². The maximum Gasteiger partial charge on any atom is 0.227 e. The Balaban J connectivity index is 1.75. The Labute approximate surface area is 147 Å². The molecule has 0 saturated carbocycles. The lowest BCUT2D eigenvalue weighted by Crippen LogP contribution is -2.36. The molecular weight excluding hydrogens is 318 g/mol. The van der Waals surface area contributed by atoms with E-state index in [-0.39, 0.29) is 5.91 Å². The minimum Gasteiger partial charge on any atom is -0.497 e. The van der Waals surface area contributed by atoms with E-state index in [1.807, 2.05) is 42.5 Å². The van der Waals surface area contributed by atoms with Gasteiger partial charge >= 0.3 is 0 Å². The average molecular weight is 341 g/mol. The normalized spacial score (nSPS) is 16.3. The van der Waals surface area contributed by atoms with Crippen LogP contribution in [0.25, 0.3) is 0 Å². The van der Waals surface area contributed by atoms with Crippen molar-refractivity contribution in [2.45, 2.75) is 25.4 Å². The van der Waals surface area contributed by atoms with Crippen molar-refractivity contribution in [2.75, 3.05) is 25.7 Å². The number of carbonyl (C=O) groups excluding carboxylic acids is 1. The summed E-state index contributed by atoms with van der Waals surface area (Å²) in [6, 6.07) is 13.2. The number of nitrogens with zero attached hydrogens (tertiary/aromatic N) is 1. The Morgan fingerprint density at radius 2 is 1.92 bits per heavy atom. The first-order valence-electron chi connectivity index (χ1n) is 8.41. The molecule has 1 heterocycles. The molecule has 1 amide bonds. The fourth-order valence-corrected chi connectivity index (χ4v) is 3.17. The molecule has 0 radical (unpaired) electrons. The highest BCUT2D eigenvalue weighted by Gasteiger charge is 2.27. The number of aliphatic hydroxyl groups is 1. The summed E-state index contributed by atoms with van der Waals surface area (Å²) in [5.41, 5.74) is 2.59. The number of hydrogen-bond acceptors (Lipinski definition) is 4.